The highest BCUT2D eigenvalue weighted by Gasteiger charge is 2.12. The molecule has 19 heavy (non-hydrogen) atoms. The fourth-order valence-electron chi connectivity index (χ4n) is 1.83. The molecule has 0 bridgehead atoms. The van der Waals surface area contributed by atoms with Crippen LogP contribution in [0.5, 0.6) is 0 Å². The fraction of sp³-hybridized carbons (Fsp3) is 0.333. The highest BCUT2D eigenvalue weighted by atomic mass is 35.5. The smallest absolute Gasteiger partial charge is 0.0661 e. The van der Waals surface area contributed by atoms with Gasteiger partial charge in [0.25, 0.3) is 0 Å². The zero-order valence-electron chi connectivity index (χ0n) is 11.4. The Balaban J connectivity index is 2.28. The maximum Gasteiger partial charge on any atom is 0.0661 e. The van der Waals surface area contributed by atoms with E-state index in [1.54, 1.807) is 6.07 Å². The van der Waals surface area contributed by atoms with Gasteiger partial charge in [0.1, 0.15) is 0 Å². The Bertz CT molecular complexity index is 568. The van der Waals surface area contributed by atoms with Crippen molar-refractivity contribution in [3.05, 3.63) is 52.3 Å². The maximum atomic E-state index is 6.26. The van der Waals surface area contributed by atoms with Crippen molar-refractivity contribution in [1.82, 2.24) is 9.88 Å². The van der Waals surface area contributed by atoms with Crippen LogP contribution in [-0.4, -0.2) is 10.1 Å². The average Bonchev–Trinajstić information content (AvgIpc) is 2.73. The van der Waals surface area contributed by atoms with Crippen molar-refractivity contribution >= 4 is 23.2 Å². The lowest BCUT2D eigenvalue weighted by Crippen LogP contribution is -2.35. The molecule has 1 aromatic carbocycles. The van der Waals surface area contributed by atoms with Crippen molar-refractivity contribution in [3.63, 3.8) is 0 Å². The molecular formula is C15H18Cl2N2. The fourth-order valence-corrected chi connectivity index (χ4v) is 2.33. The van der Waals surface area contributed by atoms with E-state index in [2.05, 4.69) is 36.7 Å². The Kier molecular flexibility index (Phi) is 4.24. The summed E-state index contributed by atoms with van der Waals surface area (Å²) in [6, 6.07) is 9.66. The largest absolute Gasteiger partial charge is 0.318 e. The molecule has 0 saturated carbocycles. The lowest BCUT2D eigenvalue weighted by atomic mass is 10.1. The number of halogens is 2. The Morgan fingerprint density at radius 3 is 2.53 bits per heavy atom. The standard InChI is InChI=1S/C15H18Cl2N2/c1-15(2,3)18-10-12-5-4-8-19(12)14-7-6-11(16)9-13(14)17/h4-9,18H,10H2,1-3H3. The van der Waals surface area contributed by atoms with Gasteiger partial charge in [0, 0.05) is 29.0 Å². The summed E-state index contributed by atoms with van der Waals surface area (Å²) in [6.07, 6.45) is 2.01. The quantitative estimate of drug-likeness (QED) is 0.871. The summed E-state index contributed by atoms with van der Waals surface area (Å²) in [5.74, 6) is 0. The van der Waals surface area contributed by atoms with Crippen LogP contribution in [0.2, 0.25) is 10.0 Å². The highest BCUT2D eigenvalue weighted by Crippen LogP contribution is 2.25. The van der Waals surface area contributed by atoms with Crippen molar-refractivity contribution in [2.75, 3.05) is 0 Å². The van der Waals surface area contributed by atoms with E-state index in [-0.39, 0.29) is 5.54 Å². The summed E-state index contributed by atoms with van der Waals surface area (Å²) in [4.78, 5) is 0. The van der Waals surface area contributed by atoms with E-state index < -0.39 is 0 Å². The molecule has 0 atom stereocenters. The number of nitrogens with zero attached hydrogens (tertiary/aromatic N) is 1. The third-order valence-corrected chi connectivity index (χ3v) is 3.34. The number of aromatic nitrogens is 1. The first-order chi connectivity index (χ1) is 8.87. The van der Waals surface area contributed by atoms with Gasteiger partial charge in [-0.05, 0) is 51.1 Å². The van der Waals surface area contributed by atoms with Gasteiger partial charge in [0.05, 0.1) is 10.7 Å². The van der Waals surface area contributed by atoms with E-state index in [0.29, 0.717) is 10.0 Å². The predicted molar refractivity (Wildman–Crippen MR) is 82.4 cm³/mol. The molecular weight excluding hydrogens is 279 g/mol. The monoisotopic (exact) mass is 296 g/mol. The number of hydrogen-bond donors (Lipinski definition) is 1. The van der Waals surface area contributed by atoms with Crippen LogP contribution in [0.15, 0.2) is 36.5 Å². The molecule has 2 rings (SSSR count). The molecule has 102 valence electrons. The summed E-state index contributed by atoms with van der Waals surface area (Å²) < 4.78 is 2.08. The van der Waals surface area contributed by atoms with Gasteiger partial charge in [-0.3, -0.25) is 0 Å². The van der Waals surface area contributed by atoms with E-state index in [0.717, 1.165) is 12.2 Å². The maximum absolute atomic E-state index is 6.26. The molecule has 1 aromatic heterocycles. The summed E-state index contributed by atoms with van der Waals surface area (Å²) in [6.45, 7) is 7.23. The van der Waals surface area contributed by atoms with E-state index in [1.165, 1.54) is 5.69 Å². The minimum atomic E-state index is 0.0822. The summed E-state index contributed by atoms with van der Waals surface area (Å²) in [5, 5.41) is 4.78. The number of benzene rings is 1. The van der Waals surface area contributed by atoms with E-state index >= 15 is 0 Å². The van der Waals surface area contributed by atoms with Crippen LogP contribution >= 0.6 is 23.2 Å². The Morgan fingerprint density at radius 2 is 1.89 bits per heavy atom. The minimum absolute atomic E-state index is 0.0822. The Labute approximate surface area is 124 Å². The number of hydrogen-bond acceptors (Lipinski definition) is 1. The van der Waals surface area contributed by atoms with Crippen LogP contribution in [0.1, 0.15) is 26.5 Å². The molecule has 2 nitrogen and oxygen atoms in total. The first kappa shape index (κ1) is 14.4. The molecule has 4 heteroatoms. The zero-order valence-corrected chi connectivity index (χ0v) is 12.9. The zero-order chi connectivity index (χ0) is 14.0. The van der Waals surface area contributed by atoms with Gasteiger partial charge in [-0.1, -0.05) is 23.2 Å². The second-order valence-corrected chi connectivity index (χ2v) is 6.41. The Hall–Kier alpha value is -0.960. The third kappa shape index (κ3) is 3.75. The molecule has 0 saturated heterocycles. The molecule has 0 amide bonds. The molecule has 0 radical (unpaired) electrons. The van der Waals surface area contributed by atoms with Crippen LogP contribution in [0, 0.1) is 0 Å². The van der Waals surface area contributed by atoms with Gasteiger partial charge in [-0.2, -0.15) is 0 Å². The summed E-state index contributed by atoms with van der Waals surface area (Å²) in [5.41, 5.74) is 2.19. The van der Waals surface area contributed by atoms with Crippen LogP contribution in [0.3, 0.4) is 0 Å². The Morgan fingerprint density at radius 1 is 1.16 bits per heavy atom. The normalized spacial score (nSPS) is 11.8. The topological polar surface area (TPSA) is 17.0 Å². The molecule has 0 aliphatic heterocycles. The third-order valence-electron chi connectivity index (χ3n) is 2.80. The summed E-state index contributed by atoms with van der Waals surface area (Å²) in [7, 11) is 0. The van der Waals surface area contributed by atoms with E-state index in [9.17, 15) is 0 Å². The first-order valence-electron chi connectivity index (χ1n) is 6.23. The van der Waals surface area contributed by atoms with Crippen LogP contribution < -0.4 is 5.32 Å². The second kappa shape index (κ2) is 5.58. The first-order valence-corrected chi connectivity index (χ1v) is 6.99. The van der Waals surface area contributed by atoms with Crippen molar-refractivity contribution in [2.24, 2.45) is 0 Å². The molecule has 0 fully saturated rings. The van der Waals surface area contributed by atoms with Gasteiger partial charge in [-0.25, -0.2) is 0 Å². The van der Waals surface area contributed by atoms with Crippen molar-refractivity contribution in [3.8, 4) is 5.69 Å². The average molecular weight is 297 g/mol. The second-order valence-electron chi connectivity index (χ2n) is 5.57. The molecule has 0 spiro atoms. The lowest BCUT2D eigenvalue weighted by Gasteiger charge is -2.21. The lowest BCUT2D eigenvalue weighted by molar-refractivity contribution is 0.420. The van der Waals surface area contributed by atoms with Gasteiger partial charge in [0.15, 0.2) is 0 Å². The molecule has 1 heterocycles. The molecule has 0 aliphatic carbocycles. The van der Waals surface area contributed by atoms with Gasteiger partial charge in [-0.15, -0.1) is 0 Å². The highest BCUT2D eigenvalue weighted by molar-refractivity contribution is 6.35. The minimum Gasteiger partial charge on any atom is -0.318 e. The SMILES string of the molecule is CC(C)(C)NCc1cccn1-c1ccc(Cl)cc1Cl. The molecule has 0 unspecified atom stereocenters. The van der Waals surface area contributed by atoms with Gasteiger partial charge >= 0.3 is 0 Å². The van der Waals surface area contributed by atoms with E-state index in [4.69, 9.17) is 23.2 Å². The number of nitrogens with one attached hydrogen (secondary N) is 1. The van der Waals surface area contributed by atoms with Crippen molar-refractivity contribution < 1.29 is 0 Å². The molecule has 2 aromatic rings. The predicted octanol–water partition coefficient (Wildman–Crippen LogP) is 4.67. The van der Waals surface area contributed by atoms with Crippen molar-refractivity contribution in [1.29, 1.82) is 0 Å². The van der Waals surface area contributed by atoms with Crippen LogP contribution in [0.4, 0.5) is 0 Å². The van der Waals surface area contributed by atoms with Crippen LogP contribution in [0.25, 0.3) is 5.69 Å². The summed E-state index contributed by atoms with van der Waals surface area (Å²) >= 11 is 12.2. The molecule has 0 aliphatic rings. The number of rotatable bonds is 3. The molecule has 1 N–H and O–H groups in total. The van der Waals surface area contributed by atoms with Gasteiger partial charge in [0.2, 0.25) is 0 Å². The van der Waals surface area contributed by atoms with E-state index in [1.807, 2.05) is 24.4 Å². The van der Waals surface area contributed by atoms with Gasteiger partial charge < -0.3 is 9.88 Å². The van der Waals surface area contributed by atoms with Crippen LogP contribution in [-0.2, 0) is 6.54 Å². The van der Waals surface area contributed by atoms with Crippen molar-refractivity contribution in [2.45, 2.75) is 32.9 Å².